The van der Waals surface area contributed by atoms with Crippen LogP contribution in [-0.4, -0.2) is 51.7 Å². The van der Waals surface area contributed by atoms with Gasteiger partial charge in [0.1, 0.15) is 12.2 Å². The fourth-order valence-electron chi connectivity index (χ4n) is 0.985. The molecule has 0 rings (SSSR count). The van der Waals surface area contributed by atoms with Gasteiger partial charge < -0.3 is 18.9 Å². The number of hydrogen-bond acceptors (Lipinski definition) is 5. The summed E-state index contributed by atoms with van der Waals surface area (Å²) in [7, 11) is 1.62. The molecule has 0 aliphatic carbocycles. The maximum atomic E-state index is 11.6. The molecule has 0 heterocycles. The molecular formula is C14H28O5. The van der Waals surface area contributed by atoms with Gasteiger partial charge in [-0.15, -0.1) is 0 Å². The average molecular weight is 276 g/mol. The van der Waals surface area contributed by atoms with Crippen LogP contribution in [0.1, 0.15) is 34.6 Å². The van der Waals surface area contributed by atoms with Gasteiger partial charge >= 0.3 is 5.97 Å². The van der Waals surface area contributed by atoms with Gasteiger partial charge in [0.2, 0.25) is 0 Å². The van der Waals surface area contributed by atoms with Crippen LogP contribution in [0.5, 0.6) is 0 Å². The first-order valence-electron chi connectivity index (χ1n) is 6.57. The second-order valence-electron chi connectivity index (χ2n) is 5.89. The van der Waals surface area contributed by atoms with E-state index in [0.717, 1.165) is 0 Å². The van der Waals surface area contributed by atoms with Gasteiger partial charge in [-0.2, -0.15) is 0 Å². The molecule has 0 amide bonds. The van der Waals surface area contributed by atoms with Crippen molar-refractivity contribution in [1.29, 1.82) is 0 Å². The van der Waals surface area contributed by atoms with Crippen molar-refractivity contribution < 1.29 is 23.7 Å². The van der Waals surface area contributed by atoms with Crippen molar-refractivity contribution in [2.24, 2.45) is 5.41 Å². The van der Waals surface area contributed by atoms with E-state index in [4.69, 9.17) is 18.9 Å². The molecule has 0 fully saturated rings. The predicted molar refractivity (Wildman–Crippen MR) is 73.1 cm³/mol. The topological polar surface area (TPSA) is 54.0 Å². The zero-order valence-corrected chi connectivity index (χ0v) is 13.1. The Hall–Kier alpha value is -0.650. The molecule has 0 saturated carbocycles. The number of hydrogen-bond donors (Lipinski definition) is 0. The lowest BCUT2D eigenvalue weighted by molar-refractivity contribution is -0.172. The van der Waals surface area contributed by atoms with Crippen LogP contribution in [0.25, 0.3) is 0 Å². The first-order chi connectivity index (χ1) is 8.70. The number of ether oxygens (including phenoxy) is 4. The number of esters is 1. The van der Waals surface area contributed by atoms with E-state index < -0.39 is 5.60 Å². The standard InChI is InChI=1S/C14H28O5/c1-13(2,3)14(4,5)19-12(15)11-18-10-9-17-8-7-16-6/h7-11H2,1-6H3. The van der Waals surface area contributed by atoms with Gasteiger partial charge in [0, 0.05) is 12.5 Å². The smallest absolute Gasteiger partial charge is 0.332 e. The Labute approximate surface area is 116 Å². The highest BCUT2D eigenvalue weighted by Gasteiger charge is 2.36. The normalized spacial score (nSPS) is 12.5. The van der Waals surface area contributed by atoms with Crippen LogP contribution in [0.4, 0.5) is 0 Å². The Morgan fingerprint density at radius 1 is 0.895 bits per heavy atom. The van der Waals surface area contributed by atoms with Crippen LogP contribution in [0, 0.1) is 5.41 Å². The molecule has 0 aromatic rings. The largest absolute Gasteiger partial charge is 0.457 e. The Morgan fingerprint density at radius 2 is 1.42 bits per heavy atom. The fraction of sp³-hybridized carbons (Fsp3) is 0.929. The Bertz CT molecular complexity index is 255. The molecule has 0 atom stereocenters. The quantitative estimate of drug-likeness (QED) is 0.476. The van der Waals surface area contributed by atoms with E-state index in [0.29, 0.717) is 26.4 Å². The van der Waals surface area contributed by atoms with Crippen molar-refractivity contribution >= 4 is 5.97 Å². The molecule has 0 saturated heterocycles. The molecule has 0 bridgehead atoms. The Balaban J connectivity index is 3.71. The molecule has 5 heteroatoms. The maximum absolute atomic E-state index is 11.6. The van der Waals surface area contributed by atoms with Gasteiger partial charge in [0.25, 0.3) is 0 Å². The van der Waals surface area contributed by atoms with E-state index in [1.54, 1.807) is 7.11 Å². The number of rotatable bonds is 9. The number of methoxy groups -OCH3 is 1. The zero-order valence-electron chi connectivity index (χ0n) is 13.1. The highest BCUT2D eigenvalue weighted by atomic mass is 16.6. The minimum Gasteiger partial charge on any atom is -0.457 e. The zero-order chi connectivity index (χ0) is 14.9. The highest BCUT2D eigenvalue weighted by molar-refractivity contribution is 5.71. The SMILES string of the molecule is COCCOCCOCC(=O)OC(C)(C)C(C)(C)C. The summed E-state index contributed by atoms with van der Waals surface area (Å²) in [5.74, 6) is -0.350. The number of carbonyl (C=O) groups is 1. The van der Waals surface area contributed by atoms with E-state index in [-0.39, 0.29) is 18.0 Å². The third kappa shape index (κ3) is 8.18. The molecule has 0 aromatic carbocycles. The van der Waals surface area contributed by atoms with Gasteiger partial charge in [0.05, 0.1) is 26.4 Å². The molecule has 0 N–H and O–H groups in total. The lowest BCUT2D eigenvalue weighted by Crippen LogP contribution is -2.42. The van der Waals surface area contributed by atoms with Gasteiger partial charge in [-0.25, -0.2) is 4.79 Å². The summed E-state index contributed by atoms with van der Waals surface area (Å²) in [6.07, 6.45) is 0. The molecule has 0 aromatic heterocycles. The first-order valence-corrected chi connectivity index (χ1v) is 6.57. The lowest BCUT2D eigenvalue weighted by atomic mass is 9.79. The van der Waals surface area contributed by atoms with Crippen molar-refractivity contribution in [3.8, 4) is 0 Å². The minimum atomic E-state index is -0.525. The number of carbonyl (C=O) groups excluding carboxylic acids is 1. The van der Waals surface area contributed by atoms with Crippen LogP contribution in [0.15, 0.2) is 0 Å². The molecule has 19 heavy (non-hydrogen) atoms. The minimum absolute atomic E-state index is 0.0485. The van der Waals surface area contributed by atoms with E-state index in [1.165, 1.54) is 0 Å². The predicted octanol–water partition coefficient (Wildman–Crippen LogP) is 2.03. The maximum Gasteiger partial charge on any atom is 0.332 e. The third-order valence-corrected chi connectivity index (χ3v) is 3.20. The Morgan fingerprint density at radius 3 is 1.95 bits per heavy atom. The van der Waals surface area contributed by atoms with Gasteiger partial charge in [-0.1, -0.05) is 20.8 Å². The molecule has 114 valence electrons. The molecule has 0 aliphatic rings. The van der Waals surface area contributed by atoms with E-state index in [2.05, 4.69) is 0 Å². The van der Waals surface area contributed by atoms with Gasteiger partial charge in [-0.05, 0) is 13.8 Å². The van der Waals surface area contributed by atoms with Gasteiger partial charge in [-0.3, -0.25) is 0 Å². The van der Waals surface area contributed by atoms with Crippen molar-refractivity contribution in [3.63, 3.8) is 0 Å². The monoisotopic (exact) mass is 276 g/mol. The van der Waals surface area contributed by atoms with Crippen molar-refractivity contribution in [1.82, 2.24) is 0 Å². The van der Waals surface area contributed by atoms with Crippen LogP contribution < -0.4 is 0 Å². The first kappa shape index (κ1) is 18.4. The molecular weight excluding hydrogens is 248 g/mol. The summed E-state index contributed by atoms with van der Waals surface area (Å²) < 4.78 is 20.7. The van der Waals surface area contributed by atoms with Crippen molar-refractivity contribution in [2.75, 3.05) is 40.1 Å². The van der Waals surface area contributed by atoms with Crippen LogP contribution in [-0.2, 0) is 23.7 Å². The lowest BCUT2D eigenvalue weighted by Gasteiger charge is -2.37. The average Bonchev–Trinajstić information content (AvgIpc) is 2.25. The van der Waals surface area contributed by atoms with Crippen molar-refractivity contribution in [2.45, 2.75) is 40.2 Å². The second kappa shape index (κ2) is 8.51. The van der Waals surface area contributed by atoms with E-state index >= 15 is 0 Å². The van der Waals surface area contributed by atoms with Crippen LogP contribution >= 0.6 is 0 Å². The molecule has 0 unspecified atom stereocenters. The fourth-order valence-corrected chi connectivity index (χ4v) is 0.985. The second-order valence-corrected chi connectivity index (χ2v) is 5.89. The van der Waals surface area contributed by atoms with E-state index in [1.807, 2.05) is 34.6 Å². The summed E-state index contributed by atoms with van der Waals surface area (Å²) in [5, 5.41) is 0. The summed E-state index contributed by atoms with van der Waals surface area (Å²) in [4.78, 5) is 11.6. The van der Waals surface area contributed by atoms with Gasteiger partial charge in [0.15, 0.2) is 0 Å². The molecule has 0 radical (unpaired) electrons. The summed E-state index contributed by atoms with van der Waals surface area (Å²) in [5.41, 5.74) is -0.645. The van der Waals surface area contributed by atoms with Crippen LogP contribution in [0.2, 0.25) is 0 Å². The molecule has 0 aliphatic heterocycles. The summed E-state index contributed by atoms with van der Waals surface area (Å²) in [6.45, 7) is 11.8. The Kier molecular flexibility index (Phi) is 8.22. The summed E-state index contributed by atoms with van der Waals surface area (Å²) >= 11 is 0. The van der Waals surface area contributed by atoms with Crippen molar-refractivity contribution in [3.05, 3.63) is 0 Å². The molecule has 5 nitrogen and oxygen atoms in total. The van der Waals surface area contributed by atoms with E-state index in [9.17, 15) is 4.79 Å². The summed E-state index contributed by atoms with van der Waals surface area (Å²) in [6, 6.07) is 0. The third-order valence-electron chi connectivity index (χ3n) is 3.20. The highest BCUT2D eigenvalue weighted by Crippen LogP contribution is 2.32. The van der Waals surface area contributed by atoms with Crippen LogP contribution in [0.3, 0.4) is 0 Å². The molecule has 0 spiro atoms.